The van der Waals surface area contributed by atoms with E-state index in [1.165, 1.54) is 16.2 Å². The van der Waals surface area contributed by atoms with E-state index < -0.39 is 0 Å². The number of hydrogen-bond acceptors (Lipinski definition) is 4. The largest absolute Gasteiger partial charge is 0.302 e. The van der Waals surface area contributed by atoms with Crippen LogP contribution >= 0.6 is 23.3 Å². The quantitative estimate of drug-likeness (QED) is 0.729. The van der Waals surface area contributed by atoms with Gasteiger partial charge in [-0.25, -0.2) is 4.39 Å². The van der Waals surface area contributed by atoms with Gasteiger partial charge in [0.1, 0.15) is 4.21 Å². The molecule has 2 rings (SSSR count). The molecule has 2 heterocycles. The normalized spacial score (nSPS) is 17.5. The molecular formula is C8H11FN2S2. The van der Waals surface area contributed by atoms with Gasteiger partial charge in [0.25, 0.3) is 0 Å². The fraction of sp³-hybridized carbons (Fsp3) is 0.500. The first-order chi connectivity index (χ1) is 6.22. The fourth-order valence-electron chi connectivity index (χ4n) is 1.54. The third kappa shape index (κ3) is 1.61. The Hall–Kier alpha value is -0.100. The van der Waals surface area contributed by atoms with E-state index >= 15 is 0 Å². The van der Waals surface area contributed by atoms with Crippen molar-refractivity contribution in [2.24, 2.45) is 5.14 Å². The zero-order valence-corrected chi connectivity index (χ0v) is 8.97. The molecule has 0 unspecified atom stereocenters. The standard InChI is InChI=1S/C8H11FN2S2/c1-11-3-2-6-5(4-11)7(9)8(12-6)13-10/h2-4,10H2,1H3. The van der Waals surface area contributed by atoms with Gasteiger partial charge in [-0.1, -0.05) is 0 Å². The van der Waals surface area contributed by atoms with Crippen molar-refractivity contribution in [3.05, 3.63) is 16.3 Å². The van der Waals surface area contributed by atoms with Crippen molar-refractivity contribution in [1.29, 1.82) is 0 Å². The van der Waals surface area contributed by atoms with Crippen LogP contribution in [0, 0.1) is 5.82 Å². The predicted octanol–water partition coefficient (Wildman–Crippen LogP) is 1.84. The molecule has 1 aliphatic rings. The second-order valence-corrected chi connectivity index (χ2v) is 5.22. The third-order valence-corrected chi connectivity index (χ3v) is 4.25. The lowest BCUT2D eigenvalue weighted by atomic mass is 10.1. The topological polar surface area (TPSA) is 29.3 Å². The fourth-order valence-corrected chi connectivity index (χ4v) is 3.17. The van der Waals surface area contributed by atoms with Crippen LogP contribution in [0.1, 0.15) is 10.4 Å². The molecule has 0 radical (unpaired) electrons. The minimum absolute atomic E-state index is 0.0981. The minimum Gasteiger partial charge on any atom is -0.302 e. The molecule has 0 bridgehead atoms. The van der Waals surface area contributed by atoms with E-state index in [0.717, 1.165) is 37.0 Å². The summed E-state index contributed by atoms with van der Waals surface area (Å²) < 4.78 is 14.2. The van der Waals surface area contributed by atoms with Crippen LogP contribution in [-0.4, -0.2) is 18.5 Å². The summed E-state index contributed by atoms with van der Waals surface area (Å²) in [4.78, 5) is 3.30. The Labute approximate surface area is 85.0 Å². The van der Waals surface area contributed by atoms with Crippen molar-refractivity contribution in [2.45, 2.75) is 17.2 Å². The number of nitrogens with zero attached hydrogens (tertiary/aromatic N) is 1. The molecule has 72 valence electrons. The Kier molecular flexibility index (Phi) is 2.60. The van der Waals surface area contributed by atoms with E-state index in [1.807, 2.05) is 7.05 Å². The first kappa shape index (κ1) is 9.45. The molecule has 5 heteroatoms. The molecule has 0 saturated carbocycles. The molecule has 0 atom stereocenters. The highest BCUT2D eigenvalue weighted by Crippen LogP contribution is 2.35. The van der Waals surface area contributed by atoms with Crippen LogP contribution in [0.25, 0.3) is 0 Å². The van der Waals surface area contributed by atoms with E-state index in [0.29, 0.717) is 4.21 Å². The lowest BCUT2D eigenvalue weighted by molar-refractivity contribution is 0.308. The van der Waals surface area contributed by atoms with Gasteiger partial charge in [0.15, 0.2) is 5.82 Å². The average Bonchev–Trinajstić information content (AvgIpc) is 2.44. The van der Waals surface area contributed by atoms with E-state index in [-0.39, 0.29) is 5.82 Å². The Balaban J connectivity index is 2.40. The number of thiophene rings is 1. The second-order valence-electron chi connectivity index (χ2n) is 3.21. The van der Waals surface area contributed by atoms with Crippen molar-refractivity contribution in [1.82, 2.24) is 4.90 Å². The molecule has 2 N–H and O–H groups in total. The molecule has 1 aromatic heterocycles. The molecule has 0 spiro atoms. The Bertz CT molecular complexity index is 324. The van der Waals surface area contributed by atoms with Crippen LogP contribution in [0.4, 0.5) is 4.39 Å². The van der Waals surface area contributed by atoms with E-state index in [1.54, 1.807) is 0 Å². The summed E-state index contributed by atoms with van der Waals surface area (Å²) in [6.07, 6.45) is 0.952. The van der Waals surface area contributed by atoms with E-state index in [2.05, 4.69) is 4.90 Å². The molecule has 13 heavy (non-hydrogen) atoms. The number of likely N-dealkylation sites (N-methyl/N-ethyl adjacent to an activating group) is 1. The molecule has 2 nitrogen and oxygen atoms in total. The lowest BCUT2D eigenvalue weighted by Gasteiger charge is -2.21. The Morgan fingerprint density at radius 3 is 3.08 bits per heavy atom. The third-order valence-electron chi connectivity index (χ3n) is 2.25. The monoisotopic (exact) mass is 218 g/mol. The number of halogens is 1. The zero-order valence-electron chi connectivity index (χ0n) is 7.34. The molecule has 1 aromatic rings. The second kappa shape index (κ2) is 3.57. The van der Waals surface area contributed by atoms with Crippen LogP contribution < -0.4 is 5.14 Å². The number of hydrogen-bond donors (Lipinski definition) is 1. The molecule has 0 fully saturated rings. The van der Waals surface area contributed by atoms with Crippen LogP contribution in [0.3, 0.4) is 0 Å². The van der Waals surface area contributed by atoms with Crippen LogP contribution in [0.2, 0.25) is 0 Å². The molecule has 0 aliphatic carbocycles. The summed E-state index contributed by atoms with van der Waals surface area (Å²) in [6, 6.07) is 0. The number of fused-ring (bicyclic) bond motifs is 1. The SMILES string of the molecule is CN1CCc2sc(SN)c(F)c2C1. The van der Waals surface area contributed by atoms with Gasteiger partial charge in [-0.05, 0) is 25.4 Å². The van der Waals surface area contributed by atoms with Gasteiger partial charge in [-0.2, -0.15) is 0 Å². The summed E-state index contributed by atoms with van der Waals surface area (Å²) in [5.74, 6) is -0.0981. The predicted molar refractivity (Wildman–Crippen MR) is 54.4 cm³/mol. The highest BCUT2D eigenvalue weighted by atomic mass is 32.2. The van der Waals surface area contributed by atoms with Crippen LogP contribution in [0.5, 0.6) is 0 Å². The van der Waals surface area contributed by atoms with Crippen molar-refractivity contribution < 1.29 is 4.39 Å². The highest BCUT2D eigenvalue weighted by molar-refractivity contribution is 7.99. The van der Waals surface area contributed by atoms with Gasteiger partial charge in [0.2, 0.25) is 0 Å². The highest BCUT2D eigenvalue weighted by Gasteiger charge is 2.22. The number of rotatable bonds is 1. The molecule has 0 saturated heterocycles. The van der Waals surface area contributed by atoms with Gasteiger partial charge in [0, 0.05) is 23.5 Å². The summed E-state index contributed by atoms with van der Waals surface area (Å²) in [6.45, 7) is 1.74. The molecule has 0 aromatic carbocycles. The summed E-state index contributed by atoms with van der Waals surface area (Å²) in [7, 11) is 2.01. The lowest BCUT2D eigenvalue weighted by Crippen LogP contribution is -2.25. The van der Waals surface area contributed by atoms with Gasteiger partial charge in [-0.15, -0.1) is 11.3 Å². The van der Waals surface area contributed by atoms with Crippen molar-refractivity contribution in [3.8, 4) is 0 Å². The summed E-state index contributed by atoms with van der Waals surface area (Å²) in [5, 5.41) is 5.37. The minimum atomic E-state index is -0.0981. The molecule has 0 amide bonds. The molecule has 1 aliphatic heterocycles. The maximum absolute atomic E-state index is 13.6. The summed E-state index contributed by atoms with van der Waals surface area (Å²) in [5.41, 5.74) is 0.853. The maximum atomic E-state index is 13.6. The maximum Gasteiger partial charge on any atom is 0.153 e. The van der Waals surface area contributed by atoms with Crippen molar-refractivity contribution in [3.63, 3.8) is 0 Å². The van der Waals surface area contributed by atoms with Gasteiger partial charge in [0.05, 0.1) is 0 Å². The van der Waals surface area contributed by atoms with Crippen molar-refractivity contribution in [2.75, 3.05) is 13.6 Å². The van der Waals surface area contributed by atoms with Gasteiger partial charge < -0.3 is 4.90 Å². The summed E-state index contributed by atoms with van der Waals surface area (Å²) >= 11 is 2.52. The van der Waals surface area contributed by atoms with Crippen molar-refractivity contribution >= 4 is 23.3 Å². The van der Waals surface area contributed by atoms with Crippen LogP contribution in [0.15, 0.2) is 4.21 Å². The van der Waals surface area contributed by atoms with Gasteiger partial charge >= 0.3 is 0 Å². The average molecular weight is 218 g/mol. The van der Waals surface area contributed by atoms with E-state index in [9.17, 15) is 4.39 Å². The smallest absolute Gasteiger partial charge is 0.153 e. The number of nitrogens with two attached hydrogens (primary N) is 1. The van der Waals surface area contributed by atoms with E-state index in [4.69, 9.17) is 5.14 Å². The van der Waals surface area contributed by atoms with Gasteiger partial charge in [-0.3, -0.25) is 5.14 Å². The Morgan fingerprint density at radius 1 is 1.62 bits per heavy atom. The first-order valence-corrected chi connectivity index (χ1v) is 5.77. The van der Waals surface area contributed by atoms with Crippen LogP contribution in [-0.2, 0) is 13.0 Å². The zero-order chi connectivity index (χ0) is 9.42. The molecular weight excluding hydrogens is 207 g/mol. The Morgan fingerprint density at radius 2 is 2.38 bits per heavy atom. The first-order valence-electron chi connectivity index (χ1n) is 4.07.